The van der Waals surface area contributed by atoms with E-state index in [4.69, 9.17) is 10.8 Å². The van der Waals surface area contributed by atoms with E-state index in [2.05, 4.69) is 45.7 Å². The van der Waals surface area contributed by atoms with Gasteiger partial charge in [0.2, 0.25) is 5.91 Å². The fourth-order valence-corrected chi connectivity index (χ4v) is 4.55. The van der Waals surface area contributed by atoms with Gasteiger partial charge in [0.1, 0.15) is 6.04 Å². The molecule has 2 aromatic heterocycles. The number of anilines is 2. The standard InChI is InChI=1S/C31H35F2N7O2.C3H6/c1-4-6-7-21-8-10-24(28(33)27(21)32)26-17-38-30-29(36-14-15-40(26)30)39-22-9-11-23(20(5-2)16-22)19(3)35-12-13-37-31(42)25(34)18-41;1-3-2/h4,8-11,14-17,25,35,41H,1,3,5-7,12-13,18,34H2,2H3,(H,36,39)(H,37,42);3H,1H2,2H3. The number of halogens is 2. The molecule has 6 N–H and O–H groups in total. The van der Waals surface area contributed by atoms with Crippen molar-refractivity contribution in [3.8, 4) is 11.3 Å². The van der Waals surface area contributed by atoms with E-state index in [9.17, 15) is 9.18 Å². The maximum absolute atomic E-state index is 15.1. The lowest BCUT2D eigenvalue weighted by Gasteiger charge is -2.16. The molecule has 0 aliphatic heterocycles. The van der Waals surface area contributed by atoms with Crippen molar-refractivity contribution in [1.82, 2.24) is 25.0 Å². The minimum Gasteiger partial charge on any atom is -0.394 e. The van der Waals surface area contributed by atoms with Gasteiger partial charge in [0, 0.05) is 48.0 Å². The van der Waals surface area contributed by atoms with E-state index < -0.39 is 30.2 Å². The van der Waals surface area contributed by atoms with Crippen molar-refractivity contribution in [3.63, 3.8) is 0 Å². The summed E-state index contributed by atoms with van der Waals surface area (Å²) in [6.07, 6.45) is 9.80. The summed E-state index contributed by atoms with van der Waals surface area (Å²) in [6, 6.07) is 8.01. The van der Waals surface area contributed by atoms with Gasteiger partial charge < -0.3 is 26.8 Å². The molecule has 0 radical (unpaired) electrons. The third-order valence-electron chi connectivity index (χ3n) is 6.85. The number of rotatable bonds is 14. The molecule has 1 atom stereocenters. The normalized spacial score (nSPS) is 11.2. The Kier molecular flexibility index (Phi) is 13.0. The number of imidazole rings is 1. The number of hydrogen-bond acceptors (Lipinski definition) is 7. The van der Waals surface area contributed by atoms with Crippen molar-refractivity contribution >= 4 is 28.8 Å². The molecule has 2 aromatic carbocycles. The van der Waals surface area contributed by atoms with Crippen LogP contribution in [0, 0.1) is 11.6 Å². The maximum atomic E-state index is 15.1. The van der Waals surface area contributed by atoms with Gasteiger partial charge in [-0.05, 0) is 55.5 Å². The largest absolute Gasteiger partial charge is 0.394 e. The molecular formula is C34H41F2N7O2. The lowest BCUT2D eigenvalue weighted by Crippen LogP contribution is -2.44. The molecule has 4 aromatic rings. The molecule has 0 saturated carbocycles. The van der Waals surface area contributed by atoms with Gasteiger partial charge in [-0.3, -0.25) is 9.20 Å². The summed E-state index contributed by atoms with van der Waals surface area (Å²) in [6.45, 7) is 15.4. The van der Waals surface area contributed by atoms with Gasteiger partial charge >= 0.3 is 0 Å². The van der Waals surface area contributed by atoms with Crippen LogP contribution in [0.1, 0.15) is 37.0 Å². The quantitative estimate of drug-likeness (QED) is 0.0961. The first-order valence-electron chi connectivity index (χ1n) is 14.6. The van der Waals surface area contributed by atoms with E-state index in [0.717, 1.165) is 23.2 Å². The van der Waals surface area contributed by atoms with Crippen molar-refractivity contribution in [2.45, 2.75) is 39.2 Å². The van der Waals surface area contributed by atoms with Crippen LogP contribution in [0.4, 0.5) is 20.3 Å². The summed E-state index contributed by atoms with van der Waals surface area (Å²) in [5, 5.41) is 18.1. The molecule has 238 valence electrons. The predicted molar refractivity (Wildman–Crippen MR) is 177 cm³/mol. The number of aromatic nitrogens is 3. The molecule has 1 amide bonds. The summed E-state index contributed by atoms with van der Waals surface area (Å²) in [7, 11) is 0. The highest BCUT2D eigenvalue weighted by molar-refractivity contribution is 5.81. The summed E-state index contributed by atoms with van der Waals surface area (Å²) in [4.78, 5) is 20.6. The Labute approximate surface area is 262 Å². The van der Waals surface area contributed by atoms with Crippen LogP contribution in [0.2, 0.25) is 0 Å². The van der Waals surface area contributed by atoms with Crippen LogP contribution >= 0.6 is 0 Å². The number of aliphatic hydroxyl groups excluding tert-OH is 1. The van der Waals surface area contributed by atoms with E-state index in [1.807, 2.05) is 32.0 Å². The van der Waals surface area contributed by atoms with Crippen LogP contribution < -0.4 is 21.7 Å². The van der Waals surface area contributed by atoms with Gasteiger partial charge in [-0.25, -0.2) is 18.7 Å². The van der Waals surface area contributed by atoms with E-state index in [1.165, 1.54) is 6.20 Å². The Bertz CT molecular complexity index is 1650. The van der Waals surface area contributed by atoms with Gasteiger partial charge in [0.25, 0.3) is 0 Å². The molecule has 1 unspecified atom stereocenters. The summed E-state index contributed by atoms with van der Waals surface area (Å²) < 4.78 is 31.5. The third-order valence-corrected chi connectivity index (χ3v) is 6.85. The van der Waals surface area contributed by atoms with Crippen molar-refractivity contribution in [3.05, 3.63) is 109 Å². The second kappa shape index (κ2) is 16.8. The van der Waals surface area contributed by atoms with E-state index in [-0.39, 0.29) is 5.56 Å². The Morgan fingerprint density at radius 1 is 1.11 bits per heavy atom. The van der Waals surface area contributed by atoms with Crippen molar-refractivity contribution < 1.29 is 18.7 Å². The van der Waals surface area contributed by atoms with Crippen molar-refractivity contribution in [2.75, 3.05) is 25.0 Å². The Morgan fingerprint density at radius 3 is 2.53 bits per heavy atom. The first kappa shape index (κ1) is 34.6. The highest BCUT2D eigenvalue weighted by atomic mass is 19.2. The zero-order valence-corrected chi connectivity index (χ0v) is 25.7. The molecule has 2 heterocycles. The summed E-state index contributed by atoms with van der Waals surface area (Å²) in [5.41, 5.74) is 10.2. The number of fused-ring (bicyclic) bond motifs is 1. The van der Waals surface area contributed by atoms with E-state index >= 15 is 4.39 Å². The number of carbonyl (C=O) groups is 1. The first-order chi connectivity index (χ1) is 21.7. The number of hydrogen-bond donors (Lipinski definition) is 5. The minimum atomic E-state index is -0.947. The lowest BCUT2D eigenvalue weighted by atomic mass is 10.0. The van der Waals surface area contributed by atoms with Crippen LogP contribution in [0.3, 0.4) is 0 Å². The number of nitrogens with two attached hydrogens (primary N) is 1. The Hall–Kier alpha value is -4.87. The molecule has 0 spiro atoms. The van der Waals surface area contributed by atoms with Crippen LogP contribution in [0.25, 0.3) is 22.6 Å². The SMILES string of the molecule is C=CC.C=CCCc1ccc(-c2cnc3c(Nc4ccc(C(=C)NCCNC(=O)C(N)CO)c(CC)c4)nccn23)c(F)c1F. The number of nitrogens with zero attached hydrogens (tertiary/aromatic N) is 3. The number of carbonyl (C=O) groups excluding carboxylic acids is 1. The van der Waals surface area contributed by atoms with Crippen LogP contribution in [-0.2, 0) is 17.6 Å². The van der Waals surface area contributed by atoms with E-state index in [1.54, 1.807) is 41.1 Å². The summed E-state index contributed by atoms with van der Waals surface area (Å²) in [5.74, 6) is -1.75. The lowest BCUT2D eigenvalue weighted by molar-refractivity contribution is -0.123. The topological polar surface area (TPSA) is 130 Å². The third kappa shape index (κ3) is 8.62. The number of amides is 1. The second-order valence-corrected chi connectivity index (χ2v) is 10.1. The second-order valence-electron chi connectivity index (χ2n) is 10.1. The zero-order valence-electron chi connectivity index (χ0n) is 25.7. The fraction of sp³-hybridized carbons (Fsp3) is 0.265. The van der Waals surface area contributed by atoms with Gasteiger partial charge in [-0.2, -0.15) is 0 Å². The first-order valence-corrected chi connectivity index (χ1v) is 14.6. The van der Waals surface area contributed by atoms with Crippen LogP contribution in [-0.4, -0.2) is 51.1 Å². The van der Waals surface area contributed by atoms with Crippen LogP contribution in [0.5, 0.6) is 0 Å². The highest BCUT2D eigenvalue weighted by Crippen LogP contribution is 2.30. The van der Waals surface area contributed by atoms with E-state index in [0.29, 0.717) is 54.4 Å². The molecule has 4 rings (SSSR count). The molecule has 0 aliphatic rings. The number of benzene rings is 2. The highest BCUT2D eigenvalue weighted by Gasteiger charge is 2.19. The average molecular weight is 618 g/mol. The smallest absolute Gasteiger partial charge is 0.239 e. The molecule has 0 fully saturated rings. The molecule has 0 aliphatic carbocycles. The van der Waals surface area contributed by atoms with Crippen molar-refractivity contribution in [1.29, 1.82) is 0 Å². The molecule has 0 bridgehead atoms. The number of allylic oxidation sites excluding steroid dienone is 2. The number of aliphatic hydroxyl groups is 1. The zero-order chi connectivity index (χ0) is 32.9. The fourth-order valence-electron chi connectivity index (χ4n) is 4.55. The minimum absolute atomic E-state index is 0.110. The molecule has 45 heavy (non-hydrogen) atoms. The van der Waals surface area contributed by atoms with Gasteiger partial charge in [-0.15, -0.1) is 13.2 Å². The molecule has 9 nitrogen and oxygen atoms in total. The summed E-state index contributed by atoms with van der Waals surface area (Å²) >= 11 is 0. The Balaban J connectivity index is 0.00000177. The predicted octanol–water partition coefficient (Wildman–Crippen LogP) is 5.29. The maximum Gasteiger partial charge on any atom is 0.239 e. The van der Waals surface area contributed by atoms with Gasteiger partial charge in [0.05, 0.1) is 18.5 Å². The number of aryl methyl sites for hydroxylation is 2. The Morgan fingerprint density at radius 2 is 1.84 bits per heavy atom. The van der Waals surface area contributed by atoms with Gasteiger partial charge in [0.15, 0.2) is 23.1 Å². The van der Waals surface area contributed by atoms with Gasteiger partial charge in [-0.1, -0.05) is 37.8 Å². The number of nitrogens with one attached hydrogen (secondary N) is 3. The molecular weight excluding hydrogens is 576 g/mol. The van der Waals surface area contributed by atoms with Crippen molar-refractivity contribution in [2.24, 2.45) is 5.73 Å². The average Bonchev–Trinajstić information content (AvgIpc) is 3.48. The van der Waals surface area contributed by atoms with Crippen LogP contribution in [0.15, 0.2) is 80.8 Å². The molecule has 11 heteroatoms. The monoisotopic (exact) mass is 617 g/mol. The molecule has 0 saturated heterocycles.